The summed E-state index contributed by atoms with van der Waals surface area (Å²) >= 11 is 3.47. The molecule has 122 valence electrons. The van der Waals surface area contributed by atoms with Crippen LogP contribution in [0, 0.1) is 0 Å². The Balaban J connectivity index is 1.77. The van der Waals surface area contributed by atoms with E-state index in [4.69, 9.17) is 0 Å². The number of benzene rings is 2. The van der Waals surface area contributed by atoms with Crippen LogP contribution in [0.3, 0.4) is 0 Å². The zero-order valence-corrected chi connectivity index (χ0v) is 14.7. The lowest BCUT2D eigenvalue weighted by molar-refractivity contribution is -0.122. The fraction of sp³-hybridized carbons (Fsp3) is 0.167. The number of hydrogen-bond acceptors (Lipinski definition) is 3. The van der Waals surface area contributed by atoms with E-state index in [0.29, 0.717) is 5.39 Å². The van der Waals surface area contributed by atoms with Crippen LogP contribution in [0.25, 0.3) is 10.8 Å². The van der Waals surface area contributed by atoms with Crippen LogP contribution < -0.4 is 10.9 Å². The summed E-state index contributed by atoms with van der Waals surface area (Å²) in [5.41, 5.74) is 0.710. The van der Waals surface area contributed by atoms with Crippen LogP contribution in [0.15, 0.2) is 64.0 Å². The van der Waals surface area contributed by atoms with Gasteiger partial charge >= 0.3 is 0 Å². The molecule has 0 saturated heterocycles. The normalized spacial score (nSPS) is 12.1. The van der Waals surface area contributed by atoms with Crippen molar-refractivity contribution in [2.75, 3.05) is 0 Å². The summed E-state index contributed by atoms with van der Waals surface area (Å²) in [5, 5.41) is 8.29. The standard InChI is InChI=1S/C18H16BrN3O2/c1-12(14-7-4-5-9-16(14)19)21-17(23)11-22-18(24)15-8-3-2-6-13(15)10-20-22/h2-10,12H,11H2,1H3,(H,21,23)/t12-/m1/s1. The minimum absolute atomic E-state index is 0.113. The van der Waals surface area contributed by atoms with E-state index in [1.807, 2.05) is 43.3 Å². The van der Waals surface area contributed by atoms with E-state index >= 15 is 0 Å². The third-order valence-corrected chi connectivity index (χ3v) is 4.53. The summed E-state index contributed by atoms with van der Waals surface area (Å²) in [6.07, 6.45) is 1.60. The van der Waals surface area contributed by atoms with Crippen LogP contribution in [0.5, 0.6) is 0 Å². The molecule has 0 fully saturated rings. The number of aromatic nitrogens is 2. The maximum Gasteiger partial charge on any atom is 0.275 e. The topological polar surface area (TPSA) is 64.0 Å². The average molecular weight is 386 g/mol. The maximum atomic E-state index is 12.4. The minimum Gasteiger partial charge on any atom is -0.348 e. The number of hydrogen-bond donors (Lipinski definition) is 1. The van der Waals surface area contributed by atoms with Crippen molar-refractivity contribution in [1.82, 2.24) is 15.1 Å². The largest absolute Gasteiger partial charge is 0.348 e. The van der Waals surface area contributed by atoms with E-state index in [0.717, 1.165) is 15.4 Å². The van der Waals surface area contributed by atoms with Gasteiger partial charge in [-0.1, -0.05) is 52.3 Å². The Morgan fingerprint density at radius 3 is 2.71 bits per heavy atom. The third-order valence-electron chi connectivity index (χ3n) is 3.80. The molecule has 0 spiro atoms. The van der Waals surface area contributed by atoms with Gasteiger partial charge in [-0.3, -0.25) is 9.59 Å². The monoisotopic (exact) mass is 385 g/mol. The van der Waals surface area contributed by atoms with E-state index in [9.17, 15) is 9.59 Å². The van der Waals surface area contributed by atoms with Gasteiger partial charge in [0.05, 0.1) is 17.6 Å². The van der Waals surface area contributed by atoms with Crippen LogP contribution >= 0.6 is 15.9 Å². The predicted molar refractivity (Wildman–Crippen MR) is 96.7 cm³/mol. The summed E-state index contributed by atoms with van der Waals surface area (Å²) in [4.78, 5) is 24.7. The van der Waals surface area contributed by atoms with Crippen molar-refractivity contribution in [2.45, 2.75) is 19.5 Å². The van der Waals surface area contributed by atoms with Gasteiger partial charge in [-0.25, -0.2) is 4.68 Å². The molecule has 2 aromatic carbocycles. The van der Waals surface area contributed by atoms with Gasteiger partial charge in [0.2, 0.25) is 5.91 Å². The second kappa shape index (κ2) is 6.97. The smallest absolute Gasteiger partial charge is 0.275 e. The van der Waals surface area contributed by atoms with Gasteiger partial charge in [-0.15, -0.1) is 0 Å². The van der Waals surface area contributed by atoms with Crippen LogP contribution in [0.2, 0.25) is 0 Å². The fourth-order valence-electron chi connectivity index (χ4n) is 2.57. The van der Waals surface area contributed by atoms with Crippen LogP contribution in [0.1, 0.15) is 18.5 Å². The predicted octanol–water partition coefficient (Wildman–Crippen LogP) is 3.04. The van der Waals surface area contributed by atoms with E-state index in [-0.39, 0.29) is 24.1 Å². The number of fused-ring (bicyclic) bond motifs is 1. The second-order valence-corrected chi connectivity index (χ2v) is 6.36. The van der Waals surface area contributed by atoms with Crippen LogP contribution in [-0.2, 0) is 11.3 Å². The Kier molecular flexibility index (Phi) is 4.76. The molecule has 0 unspecified atom stereocenters. The maximum absolute atomic E-state index is 12.4. The first kappa shape index (κ1) is 16.4. The van der Waals surface area contributed by atoms with Crippen LogP contribution in [-0.4, -0.2) is 15.7 Å². The summed E-state index contributed by atoms with van der Waals surface area (Å²) in [5.74, 6) is -0.261. The number of nitrogens with one attached hydrogen (secondary N) is 1. The Bertz CT molecular complexity index is 952. The van der Waals surface area contributed by atoms with E-state index < -0.39 is 0 Å². The second-order valence-electron chi connectivity index (χ2n) is 5.51. The summed E-state index contributed by atoms with van der Waals surface area (Å²) in [7, 11) is 0. The molecule has 1 atom stereocenters. The minimum atomic E-state index is -0.267. The lowest BCUT2D eigenvalue weighted by Crippen LogP contribution is -2.35. The van der Waals surface area contributed by atoms with Gasteiger partial charge in [0.25, 0.3) is 5.56 Å². The lowest BCUT2D eigenvalue weighted by Gasteiger charge is -2.16. The van der Waals surface area contributed by atoms with E-state index in [2.05, 4.69) is 26.3 Å². The Hall–Kier alpha value is -2.47. The van der Waals surface area contributed by atoms with Gasteiger partial charge in [0.15, 0.2) is 0 Å². The molecule has 1 heterocycles. The molecule has 0 saturated carbocycles. The highest BCUT2D eigenvalue weighted by atomic mass is 79.9. The van der Waals surface area contributed by atoms with Crippen molar-refractivity contribution in [2.24, 2.45) is 0 Å². The van der Waals surface area contributed by atoms with Crippen molar-refractivity contribution >= 4 is 32.6 Å². The molecular formula is C18H16BrN3O2. The molecule has 6 heteroatoms. The van der Waals surface area contributed by atoms with E-state index in [1.54, 1.807) is 18.3 Å². The first-order valence-electron chi connectivity index (χ1n) is 7.55. The molecule has 1 N–H and O–H groups in total. The number of amides is 1. The highest BCUT2D eigenvalue weighted by Crippen LogP contribution is 2.22. The van der Waals surface area contributed by atoms with Gasteiger partial charge < -0.3 is 5.32 Å². The summed E-state index contributed by atoms with van der Waals surface area (Å²) < 4.78 is 2.11. The van der Waals surface area contributed by atoms with Crippen LogP contribution in [0.4, 0.5) is 0 Å². The highest BCUT2D eigenvalue weighted by molar-refractivity contribution is 9.10. The van der Waals surface area contributed by atoms with Crippen molar-refractivity contribution in [3.05, 3.63) is 75.1 Å². The Morgan fingerprint density at radius 1 is 1.21 bits per heavy atom. The van der Waals surface area contributed by atoms with Gasteiger partial charge in [0, 0.05) is 9.86 Å². The molecule has 0 radical (unpaired) electrons. The van der Waals surface area contributed by atoms with Crippen molar-refractivity contribution in [3.63, 3.8) is 0 Å². The van der Waals surface area contributed by atoms with Crippen molar-refractivity contribution < 1.29 is 4.79 Å². The third kappa shape index (κ3) is 3.38. The Morgan fingerprint density at radius 2 is 1.92 bits per heavy atom. The number of halogens is 1. The molecular weight excluding hydrogens is 370 g/mol. The molecule has 3 aromatic rings. The SMILES string of the molecule is C[C@@H](NC(=O)Cn1ncc2ccccc2c1=O)c1ccccc1Br. The lowest BCUT2D eigenvalue weighted by atomic mass is 10.1. The molecule has 0 aliphatic rings. The molecule has 5 nitrogen and oxygen atoms in total. The zero-order valence-electron chi connectivity index (χ0n) is 13.1. The average Bonchev–Trinajstić information content (AvgIpc) is 2.58. The molecule has 3 rings (SSSR count). The van der Waals surface area contributed by atoms with E-state index in [1.165, 1.54) is 4.68 Å². The zero-order chi connectivity index (χ0) is 17.1. The number of rotatable bonds is 4. The quantitative estimate of drug-likeness (QED) is 0.750. The summed E-state index contributed by atoms with van der Waals surface area (Å²) in [6, 6.07) is 14.7. The van der Waals surface area contributed by atoms with Crippen molar-refractivity contribution in [3.8, 4) is 0 Å². The first-order valence-corrected chi connectivity index (χ1v) is 8.34. The molecule has 0 aliphatic heterocycles. The van der Waals surface area contributed by atoms with Gasteiger partial charge in [0.1, 0.15) is 6.54 Å². The molecule has 24 heavy (non-hydrogen) atoms. The number of carbonyl (C=O) groups excluding carboxylic acids is 1. The molecule has 0 bridgehead atoms. The van der Waals surface area contributed by atoms with Gasteiger partial charge in [-0.05, 0) is 24.6 Å². The van der Waals surface area contributed by atoms with Crippen molar-refractivity contribution in [1.29, 1.82) is 0 Å². The molecule has 1 amide bonds. The van der Waals surface area contributed by atoms with Gasteiger partial charge in [-0.2, -0.15) is 5.10 Å². The Labute approximate surface area is 147 Å². The number of nitrogens with zero attached hydrogens (tertiary/aromatic N) is 2. The fourth-order valence-corrected chi connectivity index (χ4v) is 3.20. The summed E-state index contributed by atoms with van der Waals surface area (Å²) in [6.45, 7) is 1.78. The molecule has 1 aromatic heterocycles. The molecule has 0 aliphatic carbocycles. The number of carbonyl (C=O) groups is 1. The highest BCUT2D eigenvalue weighted by Gasteiger charge is 2.14. The first-order chi connectivity index (χ1) is 11.6.